The Morgan fingerprint density at radius 2 is 2.24 bits per heavy atom. The van der Waals surface area contributed by atoms with Crippen LogP contribution in [0.25, 0.3) is 5.65 Å². The zero-order chi connectivity index (χ0) is 15.0. The van der Waals surface area contributed by atoms with Gasteiger partial charge in [-0.1, -0.05) is 20.8 Å². The molecule has 1 amide bonds. The van der Waals surface area contributed by atoms with Gasteiger partial charge in [0.2, 0.25) is 0 Å². The monoisotopic (exact) mass is 286 g/mol. The second-order valence-electron chi connectivity index (χ2n) is 7.03. The molecule has 0 saturated heterocycles. The molecule has 0 aliphatic heterocycles. The zero-order valence-electron chi connectivity index (χ0n) is 12.8. The first-order chi connectivity index (χ1) is 9.94. The molecule has 5 nitrogen and oxygen atoms in total. The van der Waals surface area contributed by atoms with Crippen molar-refractivity contribution in [2.75, 3.05) is 0 Å². The third-order valence-electron chi connectivity index (χ3n) is 4.25. The second-order valence-corrected chi connectivity index (χ2v) is 7.03. The van der Waals surface area contributed by atoms with Crippen LogP contribution < -0.4 is 5.32 Å². The van der Waals surface area contributed by atoms with Crippen LogP contribution in [0.4, 0.5) is 0 Å². The fourth-order valence-corrected chi connectivity index (χ4v) is 3.71. The minimum Gasteiger partial charge on any atom is -0.349 e. The molecule has 1 aliphatic rings. The summed E-state index contributed by atoms with van der Waals surface area (Å²) in [7, 11) is 0. The highest BCUT2D eigenvalue weighted by atomic mass is 16.1. The second kappa shape index (κ2) is 5.13. The number of nitrogens with zero attached hydrogens (tertiary/aromatic N) is 3. The summed E-state index contributed by atoms with van der Waals surface area (Å²) in [6.45, 7) is 6.81. The maximum absolute atomic E-state index is 12.5. The molecule has 1 N–H and O–H groups in total. The van der Waals surface area contributed by atoms with Crippen LogP contribution in [0.2, 0.25) is 0 Å². The van der Waals surface area contributed by atoms with E-state index >= 15 is 0 Å². The van der Waals surface area contributed by atoms with Gasteiger partial charge in [0.25, 0.3) is 5.91 Å². The first kappa shape index (κ1) is 14.0. The number of hydrogen-bond donors (Lipinski definition) is 1. The Morgan fingerprint density at radius 3 is 3.00 bits per heavy atom. The van der Waals surface area contributed by atoms with E-state index in [2.05, 4.69) is 36.2 Å². The normalized spacial score (nSPS) is 24.9. The van der Waals surface area contributed by atoms with Gasteiger partial charge in [0, 0.05) is 18.4 Å². The molecule has 2 aromatic rings. The van der Waals surface area contributed by atoms with Crippen molar-refractivity contribution in [3.63, 3.8) is 0 Å². The van der Waals surface area contributed by atoms with Gasteiger partial charge in [-0.2, -0.15) is 5.10 Å². The van der Waals surface area contributed by atoms with Gasteiger partial charge in [-0.3, -0.25) is 4.79 Å². The number of fused-ring (bicyclic) bond motifs is 1. The van der Waals surface area contributed by atoms with E-state index in [-0.39, 0.29) is 17.4 Å². The largest absolute Gasteiger partial charge is 0.349 e. The van der Waals surface area contributed by atoms with E-state index in [0.29, 0.717) is 17.1 Å². The molecule has 3 rings (SSSR count). The molecule has 0 aromatic carbocycles. The van der Waals surface area contributed by atoms with Crippen molar-refractivity contribution in [1.29, 1.82) is 0 Å². The Balaban J connectivity index is 1.77. The summed E-state index contributed by atoms with van der Waals surface area (Å²) in [4.78, 5) is 16.7. The van der Waals surface area contributed by atoms with E-state index in [9.17, 15) is 4.79 Å². The van der Waals surface area contributed by atoms with Gasteiger partial charge in [-0.15, -0.1) is 0 Å². The van der Waals surface area contributed by atoms with Gasteiger partial charge in [0.05, 0.1) is 6.20 Å². The topological polar surface area (TPSA) is 59.3 Å². The third-order valence-corrected chi connectivity index (χ3v) is 4.25. The van der Waals surface area contributed by atoms with Crippen LogP contribution in [0.15, 0.2) is 24.7 Å². The van der Waals surface area contributed by atoms with Crippen molar-refractivity contribution >= 4 is 11.6 Å². The summed E-state index contributed by atoms with van der Waals surface area (Å²) < 4.78 is 1.63. The lowest BCUT2D eigenvalue weighted by Crippen LogP contribution is -2.43. The van der Waals surface area contributed by atoms with Gasteiger partial charge < -0.3 is 5.32 Å². The van der Waals surface area contributed by atoms with Crippen molar-refractivity contribution < 1.29 is 4.79 Å². The van der Waals surface area contributed by atoms with Crippen LogP contribution >= 0.6 is 0 Å². The predicted molar refractivity (Wildman–Crippen MR) is 81.0 cm³/mol. The molecule has 2 aromatic heterocycles. The van der Waals surface area contributed by atoms with E-state index in [4.69, 9.17) is 0 Å². The molecule has 1 saturated carbocycles. The molecule has 2 unspecified atom stereocenters. The first-order valence-corrected chi connectivity index (χ1v) is 7.54. The molecule has 2 atom stereocenters. The van der Waals surface area contributed by atoms with Crippen LogP contribution in [-0.4, -0.2) is 26.5 Å². The van der Waals surface area contributed by atoms with Crippen molar-refractivity contribution in [1.82, 2.24) is 19.9 Å². The number of amides is 1. The van der Waals surface area contributed by atoms with E-state index in [1.807, 2.05) is 0 Å². The van der Waals surface area contributed by atoms with Gasteiger partial charge in [-0.25, -0.2) is 9.50 Å². The summed E-state index contributed by atoms with van der Waals surface area (Å²) in [6.07, 6.45) is 8.36. The Bertz CT molecular complexity index is 661. The highest BCUT2D eigenvalue weighted by molar-refractivity contribution is 5.99. The highest BCUT2D eigenvalue weighted by Gasteiger charge is 2.33. The van der Waals surface area contributed by atoms with Gasteiger partial charge >= 0.3 is 0 Å². The Hall–Kier alpha value is -1.91. The molecule has 0 bridgehead atoms. The van der Waals surface area contributed by atoms with E-state index in [1.165, 1.54) is 6.42 Å². The predicted octanol–water partition coefficient (Wildman–Crippen LogP) is 2.67. The number of carbonyl (C=O) groups is 1. The number of carbonyl (C=O) groups excluding carboxylic acids is 1. The van der Waals surface area contributed by atoms with E-state index in [0.717, 1.165) is 12.8 Å². The molecule has 1 aliphatic carbocycles. The SMILES string of the molecule is CC1CC(NC(=O)c2cnn3cccnc23)CC(C)(C)C1. The Labute approximate surface area is 124 Å². The summed E-state index contributed by atoms with van der Waals surface area (Å²) >= 11 is 0. The summed E-state index contributed by atoms with van der Waals surface area (Å²) in [5.74, 6) is 0.569. The van der Waals surface area contributed by atoms with Crippen LogP contribution in [0.5, 0.6) is 0 Å². The molecule has 5 heteroatoms. The Kier molecular flexibility index (Phi) is 3.43. The average Bonchev–Trinajstić information content (AvgIpc) is 2.79. The van der Waals surface area contributed by atoms with E-state index in [1.54, 1.807) is 29.2 Å². The molecule has 1 fully saturated rings. The van der Waals surface area contributed by atoms with Crippen LogP contribution in [0.3, 0.4) is 0 Å². The average molecular weight is 286 g/mol. The standard InChI is InChI=1S/C16H22N4O/c1-11-7-12(9-16(2,3)8-11)19-15(21)13-10-18-20-6-4-5-17-14(13)20/h4-6,10-12H,7-9H2,1-3H3,(H,19,21). The molecular weight excluding hydrogens is 264 g/mol. The number of aromatic nitrogens is 3. The van der Waals surface area contributed by atoms with Gasteiger partial charge in [-0.05, 0) is 36.7 Å². The minimum absolute atomic E-state index is 0.0707. The fraction of sp³-hybridized carbons (Fsp3) is 0.562. The number of nitrogens with one attached hydrogen (secondary N) is 1. The lowest BCUT2D eigenvalue weighted by molar-refractivity contribution is 0.0875. The molecule has 112 valence electrons. The Morgan fingerprint density at radius 1 is 1.43 bits per heavy atom. The minimum atomic E-state index is -0.0707. The number of hydrogen-bond acceptors (Lipinski definition) is 3. The molecule has 2 heterocycles. The quantitative estimate of drug-likeness (QED) is 0.923. The van der Waals surface area contributed by atoms with Gasteiger partial charge in [0.15, 0.2) is 5.65 Å². The summed E-state index contributed by atoms with van der Waals surface area (Å²) in [5, 5.41) is 7.34. The van der Waals surface area contributed by atoms with Crippen molar-refractivity contribution in [2.45, 2.75) is 46.1 Å². The van der Waals surface area contributed by atoms with Crippen LogP contribution in [0, 0.1) is 11.3 Å². The smallest absolute Gasteiger partial charge is 0.256 e. The van der Waals surface area contributed by atoms with Crippen molar-refractivity contribution in [2.24, 2.45) is 11.3 Å². The zero-order valence-corrected chi connectivity index (χ0v) is 12.8. The van der Waals surface area contributed by atoms with Crippen molar-refractivity contribution in [3.05, 3.63) is 30.2 Å². The maximum atomic E-state index is 12.5. The lowest BCUT2D eigenvalue weighted by Gasteiger charge is -2.39. The molecular formula is C16H22N4O. The molecule has 0 radical (unpaired) electrons. The first-order valence-electron chi connectivity index (χ1n) is 7.54. The van der Waals surface area contributed by atoms with Crippen LogP contribution in [-0.2, 0) is 0 Å². The maximum Gasteiger partial charge on any atom is 0.256 e. The number of rotatable bonds is 2. The van der Waals surface area contributed by atoms with E-state index < -0.39 is 0 Å². The summed E-state index contributed by atoms with van der Waals surface area (Å²) in [5.41, 5.74) is 1.44. The van der Waals surface area contributed by atoms with Crippen molar-refractivity contribution in [3.8, 4) is 0 Å². The highest BCUT2D eigenvalue weighted by Crippen LogP contribution is 2.38. The van der Waals surface area contributed by atoms with Crippen LogP contribution in [0.1, 0.15) is 50.4 Å². The fourth-order valence-electron chi connectivity index (χ4n) is 3.71. The summed E-state index contributed by atoms with van der Waals surface area (Å²) in [6, 6.07) is 2.03. The molecule has 0 spiro atoms. The molecule has 21 heavy (non-hydrogen) atoms. The van der Waals surface area contributed by atoms with Gasteiger partial charge in [0.1, 0.15) is 5.56 Å². The third kappa shape index (κ3) is 2.91. The lowest BCUT2D eigenvalue weighted by atomic mass is 9.70.